The maximum Gasteiger partial charge on any atom is 0.251 e. The van der Waals surface area contributed by atoms with E-state index < -0.39 is 0 Å². The van der Waals surface area contributed by atoms with Crippen LogP contribution in [0.4, 0.5) is 0 Å². The Kier molecular flexibility index (Phi) is 6.69. The van der Waals surface area contributed by atoms with Crippen LogP contribution >= 0.6 is 11.6 Å². The van der Waals surface area contributed by atoms with E-state index in [2.05, 4.69) is 10.4 Å². The van der Waals surface area contributed by atoms with Gasteiger partial charge in [0.15, 0.2) is 0 Å². The minimum atomic E-state index is -0.137. The highest BCUT2D eigenvalue weighted by atomic mass is 35.5. The second-order valence-electron chi connectivity index (χ2n) is 8.67. The Morgan fingerprint density at radius 1 is 0.889 bits per heavy atom. The summed E-state index contributed by atoms with van der Waals surface area (Å²) >= 11 is 6.26. The number of halogens is 1. The Labute approximate surface area is 215 Å². The Morgan fingerprint density at radius 2 is 1.56 bits per heavy atom. The Morgan fingerprint density at radius 3 is 2.19 bits per heavy atom. The molecule has 180 valence electrons. The van der Waals surface area contributed by atoms with Gasteiger partial charge in [0.1, 0.15) is 0 Å². The molecule has 2 aromatic heterocycles. The van der Waals surface area contributed by atoms with Crippen molar-refractivity contribution in [1.29, 1.82) is 0 Å². The molecule has 0 radical (unpaired) electrons. The van der Waals surface area contributed by atoms with E-state index in [0.717, 1.165) is 39.5 Å². The van der Waals surface area contributed by atoms with E-state index >= 15 is 0 Å². The molecule has 0 unspecified atom stereocenters. The smallest absolute Gasteiger partial charge is 0.251 e. The molecule has 0 atom stereocenters. The number of carbonyl (C=O) groups excluding carboxylic acids is 1. The lowest BCUT2D eigenvalue weighted by atomic mass is 10.1. The molecule has 0 saturated heterocycles. The monoisotopic (exact) mass is 495 g/mol. The van der Waals surface area contributed by atoms with Gasteiger partial charge in [0.05, 0.1) is 34.3 Å². The zero-order chi connectivity index (χ0) is 25.1. The number of amides is 1. The van der Waals surface area contributed by atoms with Gasteiger partial charge in [-0.2, -0.15) is 10.2 Å². The van der Waals surface area contributed by atoms with E-state index in [1.165, 1.54) is 0 Å². The molecule has 1 N–H and O–H groups in total. The van der Waals surface area contributed by atoms with Crippen LogP contribution in [0.25, 0.3) is 16.9 Å². The first-order valence-electron chi connectivity index (χ1n) is 11.8. The van der Waals surface area contributed by atoms with E-state index in [1.54, 1.807) is 0 Å². The van der Waals surface area contributed by atoms with Crippen molar-refractivity contribution in [2.75, 3.05) is 0 Å². The van der Waals surface area contributed by atoms with Crippen molar-refractivity contribution in [3.63, 3.8) is 0 Å². The van der Waals surface area contributed by atoms with Gasteiger partial charge in [-0.05, 0) is 43.7 Å². The number of aryl methyl sites for hydroxylation is 1. The predicted molar refractivity (Wildman–Crippen MR) is 142 cm³/mol. The van der Waals surface area contributed by atoms with Crippen molar-refractivity contribution in [3.8, 4) is 16.9 Å². The molecule has 5 rings (SSSR count). The van der Waals surface area contributed by atoms with E-state index in [4.69, 9.17) is 16.7 Å². The largest absolute Gasteiger partial charge is 0.348 e. The molecule has 0 fully saturated rings. The summed E-state index contributed by atoms with van der Waals surface area (Å²) in [5.74, 6) is -0.137. The van der Waals surface area contributed by atoms with Crippen molar-refractivity contribution in [1.82, 2.24) is 24.9 Å². The third kappa shape index (κ3) is 4.95. The molecular formula is C29H26ClN5O. The number of carbonyl (C=O) groups is 1. The molecule has 0 spiro atoms. The highest BCUT2D eigenvalue weighted by Gasteiger charge is 2.14. The van der Waals surface area contributed by atoms with E-state index in [1.807, 2.05) is 114 Å². The summed E-state index contributed by atoms with van der Waals surface area (Å²) in [5, 5.41) is 13.0. The van der Waals surface area contributed by atoms with Crippen molar-refractivity contribution in [2.45, 2.75) is 26.9 Å². The molecule has 1 amide bonds. The second-order valence-corrected chi connectivity index (χ2v) is 9.05. The Balaban J connectivity index is 1.31. The van der Waals surface area contributed by atoms with E-state index in [9.17, 15) is 4.79 Å². The fraction of sp³-hybridized carbons (Fsp3) is 0.138. The first-order chi connectivity index (χ1) is 17.5. The summed E-state index contributed by atoms with van der Waals surface area (Å²) in [6, 6.07) is 27.5. The van der Waals surface area contributed by atoms with Crippen LogP contribution in [0.3, 0.4) is 0 Å². The highest BCUT2D eigenvalue weighted by Crippen LogP contribution is 2.24. The summed E-state index contributed by atoms with van der Waals surface area (Å²) in [6.45, 7) is 4.81. The molecule has 3 aromatic carbocycles. The molecule has 0 aliphatic heterocycles. The fourth-order valence-corrected chi connectivity index (χ4v) is 4.27. The summed E-state index contributed by atoms with van der Waals surface area (Å²) < 4.78 is 3.73. The van der Waals surface area contributed by atoms with E-state index in [-0.39, 0.29) is 5.91 Å². The number of aromatic nitrogens is 4. The number of nitrogens with zero attached hydrogens (tertiary/aromatic N) is 4. The van der Waals surface area contributed by atoms with Crippen molar-refractivity contribution >= 4 is 17.5 Å². The lowest BCUT2D eigenvalue weighted by Crippen LogP contribution is -2.22. The van der Waals surface area contributed by atoms with Crippen LogP contribution in [-0.4, -0.2) is 25.5 Å². The van der Waals surface area contributed by atoms with Gasteiger partial charge in [-0.1, -0.05) is 72.3 Å². The van der Waals surface area contributed by atoms with Gasteiger partial charge in [-0.15, -0.1) is 0 Å². The van der Waals surface area contributed by atoms with Gasteiger partial charge in [0, 0.05) is 29.4 Å². The number of hydrogen-bond donors (Lipinski definition) is 1. The van der Waals surface area contributed by atoms with Crippen LogP contribution in [-0.2, 0) is 13.1 Å². The third-order valence-corrected chi connectivity index (χ3v) is 6.69. The lowest BCUT2D eigenvalue weighted by Gasteiger charge is -2.08. The maximum atomic E-state index is 12.9. The first kappa shape index (κ1) is 23.6. The van der Waals surface area contributed by atoms with Crippen LogP contribution in [0, 0.1) is 13.8 Å². The number of rotatable bonds is 7. The molecule has 0 aliphatic rings. The average Bonchev–Trinajstić information content (AvgIpc) is 3.45. The van der Waals surface area contributed by atoms with Gasteiger partial charge < -0.3 is 5.32 Å². The maximum absolute atomic E-state index is 12.9. The number of benzene rings is 3. The van der Waals surface area contributed by atoms with Crippen molar-refractivity contribution < 1.29 is 4.79 Å². The molecule has 7 heteroatoms. The second kappa shape index (κ2) is 10.2. The highest BCUT2D eigenvalue weighted by molar-refractivity contribution is 6.31. The SMILES string of the molecule is Cc1nn(Cc2ccc(C(=O)NCc3cn(-c4ccccc4)nc3-c3ccccc3)cc2)c(C)c1Cl. The third-order valence-electron chi connectivity index (χ3n) is 6.14. The van der Waals surface area contributed by atoms with Gasteiger partial charge in [-0.25, -0.2) is 4.68 Å². The van der Waals surface area contributed by atoms with Crippen LogP contribution in [0.1, 0.15) is 32.9 Å². The van der Waals surface area contributed by atoms with Gasteiger partial charge in [-0.3, -0.25) is 9.48 Å². The summed E-state index contributed by atoms with van der Waals surface area (Å²) in [4.78, 5) is 12.9. The minimum Gasteiger partial charge on any atom is -0.348 e. The zero-order valence-corrected chi connectivity index (χ0v) is 20.9. The minimum absolute atomic E-state index is 0.137. The molecule has 0 saturated carbocycles. The number of hydrogen-bond acceptors (Lipinski definition) is 3. The molecule has 6 nitrogen and oxygen atoms in total. The average molecular weight is 496 g/mol. The van der Waals surface area contributed by atoms with Gasteiger partial charge in [0.2, 0.25) is 0 Å². The normalized spacial score (nSPS) is 11.0. The van der Waals surface area contributed by atoms with E-state index in [0.29, 0.717) is 23.7 Å². The van der Waals surface area contributed by atoms with Gasteiger partial charge >= 0.3 is 0 Å². The quantitative estimate of drug-likeness (QED) is 0.302. The van der Waals surface area contributed by atoms with Crippen LogP contribution in [0.5, 0.6) is 0 Å². The van der Waals surface area contributed by atoms with Crippen molar-refractivity contribution in [3.05, 3.63) is 124 Å². The lowest BCUT2D eigenvalue weighted by molar-refractivity contribution is 0.0951. The molecule has 0 aliphatic carbocycles. The molecule has 5 aromatic rings. The number of para-hydroxylation sites is 1. The number of nitrogens with one attached hydrogen (secondary N) is 1. The fourth-order valence-electron chi connectivity index (χ4n) is 4.13. The molecule has 36 heavy (non-hydrogen) atoms. The standard InChI is InChI=1S/C29H26ClN5O/c1-20-27(30)21(2)34(32-20)18-22-13-15-24(16-14-22)29(36)31-17-25-19-35(26-11-7-4-8-12-26)33-28(25)23-9-5-3-6-10-23/h3-16,19H,17-18H2,1-2H3,(H,31,36). The Hall–Kier alpha value is -4.16. The zero-order valence-electron chi connectivity index (χ0n) is 20.1. The molecule has 2 heterocycles. The topological polar surface area (TPSA) is 64.7 Å². The Bertz CT molecular complexity index is 1490. The summed E-state index contributed by atoms with van der Waals surface area (Å²) in [6.07, 6.45) is 1.97. The molecule has 0 bridgehead atoms. The first-order valence-corrected chi connectivity index (χ1v) is 12.1. The van der Waals surface area contributed by atoms with Gasteiger partial charge in [0.25, 0.3) is 5.91 Å². The van der Waals surface area contributed by atoms with Crippen LogP contribution in [0.2, 0.25) is 5.02 Å². The van der Waals surface area contributed by atoms with Crippen LogP contribution < -0.4 is 5.32 Å². The van der Waals surface area contributed by atoms with Crippen LogP contribution in [0.15, 0.2) is 91.1 Å². The predicted octanol–water partition coefficient (Wildman–Crippen LogP) is 5.98. The summed E-state index contributed by atoms with van der Waals surface area (Å²) in [7, 11) is 0. The van der Waals surface area contributed by atoms with Crippen molar-refractivity contribution in [2.24, 2.45) is 0 Å². The summed E-state index contributed by atoms with van der Waals surface area (Å²) in [5.41, 5.74) is 7.15. The molecular weight excluding hydrogens is 470 g/mol.